The number of primary amides is 1. The van der Waals surface area contributed by atoms with Crippen LogP contribution in [-0.4, -0.2) is 26.9 Å². The van der Waals surface area contributed by atoms with E-state index in [-0.39, 0.29) is 5.91 Å². The number of benzene rings is 2. The molecule has 0 aliphatic heterocycles. The third-order valence-electron chi connectivity index (χ3n) is 7.71. The number of nitrogens with zero attached hydrogens (tertiary/aromatic N) is 3. The number of carbonyl (C=O) groups excluding carboxylic acids is 1. The third-order valence-corrected chi connectivity index (χ3v) is 8.67. The Morgan fingerprint density at radius 3 is 2.27 bits per heavy atom. The highest BCUT2D eigenvalue weighted by molar-refractivity contribution is 7.84. The second-order valence-corrected chi connectivity index (χ2v) is 11.8. The predicted octanol–water partition coefficient (Wildman–Crippen LogP) is 9.55. The number of allylic oxidation sites excluding steroid dienone is 2. The lowest BCUT2D eigenvalue weighted by Gasteiger charge is -2.12. The van der Waals surface area contributed by atoms with Gasteiger partial charge in [0.2, 0.25) is 5.91 Å². The lowest BCUT2D eigenvalue weighted by molar-refractivity contribution is -0.118. The summed E-state index contributed by atoms with van der Waals surface area (Å²) in [6, 6.07) is 10.4. The highest BCUT2D eigenvalue weighted by Crippen LogP contribution is 2.37. The smallest absolute Gasteiger partial charge is 0.219 e. The lowest BCUT2D eigenvalue weighted by atomic mass is 9.98. The third kappa shape index (κ3) is 9.54. The number of carbonyl (C=O) groups is 1. The first-order chi connectivity index (χ1) is 21.4. The van der Waals surface area contributed by atoms with Crippen LogP contribution in [0.15, 0.2) is 54.0 Å². The molecule has 0 bridgehead atoms. The van der Waals surface area contributed by atoms with E-state index < -0.39 is 0 Å². The van der Waals surface area contributed by atoms with Crippen molar-refractivity contribution >= 4 is 41.0 Å². The van der Waals surface area contributed by atoms with Gasteiger partial charge in [0.05, 0.1) is 17.8 Å². The van der Waals surface area contributed by atoms with Crippen molar-refractivity contribution in [3.8, 4) is 16.9 Å². The molecule has 2 heterocycles. The molecule has 4 rings (SSSR count). The molecule has 2 N–H and O–H groups in total. The van der Waals surface area contributed by atoms with E-state index in [4.69, 9.17) is 22.1 Å². The van der Waals surface area contributed by atoms with Gasteiger partial charge in [-0.25, -0.2) is 0 Å². The van der Waals surface area contributed by atoms with Crippen LogP contribution in [0.2, 0.25) is 5.02 Å². The van der Waals surface area contributed by atoms with Crippen LogP contribution in [0.3, 0.4) is 0 Å². The highest BCUT2D eigenvalue weighted by Gasteiger charge is 2.21. The summed E-state index contributed by atoms with van der Waals surface area (Å²) < 4.78 is 10.2. The molecule has 0 aliphatic carbocycles. The maximum atomic E-state index is 11.7. The fraction of sp³-hybridized carbons (Fsp3) is 0.405. The second kappa shape index (κ2) is 17.9. The number of fused-ring (bicyclic) bond motifs is 1. The van der Waals surface area contributed by atoms with Gasteiger partial charge in [0.25, 0.3) is 0 Å². The van der Waals surface area contributed by atoms with Gasteiger partial charge in [-0.2, -0.15) is 5.10 Å². The van der Waals surface area contributed by atoms with Crippen molar-refractivity contribution in [2.75, 3.05) is 6.61 Å². The molecular formula is C37H51ClN4O2S. The number of hydrogen-bond acceptors (Lipinski definition) is 4. The molecular weight excluding hydrogens is 600 g/mol. The largest absolute Gasteiger partial charge is 0.494 e. The summed E-state index contributed by atoms with van der Waals surface area (Å²) in [5.41, 5.74) is 15.5. The first-order valence-corrected chi connectivity index (χ1v) is 16.5. The zero-order valence-corrected chi connectivity index (χ0v) is 30.2. The molecule has 244 valence electrons. The Kier molecular flexibility index (Phi) is 15.0. The summed E-state index contributed by atoms with van der Waals surface area (Å²) in [5.74, 6) is 0.547. The number of aromatic nitrogens is 3. The van der Waals surface area contributed by atoms with E-state index in [1.165, 1.54) is 10.9 Å². The van der Waals surface area contributed by atoms with Crippen LogP contribution in [0.1, 0.15) is 73.8 Å². The molecule has 6 nitrogen and oxygen atoms in total. The Morgan fingerprint density at radius 1 is 1.11 bits per heavy atom. The summed E-state index contributed by atoms with van der Waals surface area (Å²) in [6.45, 7) is 21.0. The van der Waals surface area contributed by atoms with Crippen molar-refractivity contribution in [2.45, 2.75) is 87.6 Å². The van der Waals surface area contributed by atoms with Gasteiger partial charge in [-0.05, 0) is 87.6 Å². The van der Waals surface area contributed by atoms with Gasteiger partial charge in [-0.15, -0.1) is 12.6 Å². The van der Waals surface area contributed by atoms with Crippen molar-refractivity contribution < 1.29 is 9.53 Å². The normalized spacial score (nSPS) is 11.0. The minimum absolute atomic E-state index is 0.293. The fourth-order valence-electron chi connectivity index (χ4n) is 5.51. The molecule has 8 heteroatoms. The molecule has 2 aromatic carbocycles. The number of rotatable bonds is 11. The molecule has 0 spiro atoms. The van der Waals surface area contributed by atoms with E-state index in [0.717, 1.165) is 79.8 Å². The predicted molar refractivity (Wildman–Crippen MR) is 196 cm³/mol. The van der Waals surface area contributed by atoms with Crippen LogP contribution in [0.4, 0.5) is 0 Å². The van der Waals surface area contributed by atoms with E-state index in [0.29, 0.717) is 19.6 Å². The lowest BCUT2D eigenvalue weighted by Crippen LogP contribution is -2.14. The Morgan fingerprint density at radius 2 is 1.76 bits per heavy atom. The number of amides is 1. The Hall–Kier alpha value is -3.42. The summed E-state index contributed by atoms with van der Waals surface area (Å²) in [5, 5.41) is 6.64. The van der Waals surface area contributed by atoms with E-state index in [2.05, 4.69) is 67.8 Å². The number of thiol groups is 1. The summed E-state index contributed by atoms with van der Waals surface area (Å²) >= 11 is 10.4. The van der Waals surface area contributed by atoms with Crippen LogP contribution >= 0.6 is 24.2 Å². The second-order valence-electron chi connectivity index (χ2n) is 10.9. The van der Waals surface area contributed by atoms with Gasteiger partial charge in [-0.3, -0.25) is 9.48 Å². The van der Waals surface area contributed by atoms with E-state index in [1.54, 1.807) is 6.08 Å². The monoisotopic (exact) mass is 650 g/mol. The van der Waals surface area contributed by atoms with Crippen LogP contribution in [0.25, 0.3) is 22.0 Å². The zero-order chi connectivity index (χ0) is 33.8. The topological polar surface area (TPSA) is 75.1 Å². The summed E-state index contributed by atoms with van der Waals surface area (Å²) in [6.07, 6.45) is 6.80. The number of ether oxygens (including phenoxy) is 1. The zero-order valence-electron chi connectivity index (χ0n) is 28.6. The van der Waals surface area contributed by atoms with Gasteiger partial charge >= 0.3 is 0 Å². The standard InChI is InChI=1S/C29H35ClN4O2.C6H10S.C2H6/c1-17-15-22(16-18(2)28(17)30)36-14-8-11-23-20(4)34(13-12-26(31)35)29-24(23)9-7-10-25(29)27-19(3)32-33(6)21(27)5;1-3-5-6(7)4-2;1-2/h7,9-10,15-16H,8,11-14H2,1-6H3,(H2,31,35);4-5,7H,2-3H2,1H3;1-2H3/b;6-5+;. The quantitative estimate of drug-likeness (QED) is 0.0964. The first kappa shape index (κ1) is 37.8. The SMILES string of the molecule is C=C/C(S)=C\CC.CC.Cc1cc(OCCCc2c(C)n(CCC(N)=O)c3c(-c4c(C)nn(C)c4C)cccc23)cc(C)c1Cl. The van der Waals surface area contributed by atoms with Crippen LogP contribution in [0, 0.1) is 34.6 Å². The molecule has 0 atom stereocenters. The van der Waals surface area contributed by atoms with Crippen molar-refractivity contribution in [3.05, 3.63) is 92.8 Å². The number of para-hydroxylation sites is 1. The van der Waals surface area contributed by atoms with Crippen LogP contribution in [0.5, 0.6) is 5.75 Å². The first-order valence-electron chi connectivity index (χ1n) is 15.7. The van der Waals surface area contributed by atoms with Crippen LogP contribution < -0.4 is 10.5 Å². The molecule has 0 unspecified atom stereocenters. The van der Waals surface area contributed by atoms with Crippen molar-refractivity contribution in [1.82, 2.24) is 14.3 Å². The van der Waals surface area contributed by atoms with Crippen molar-refractivity contribution in [2.24, 2.45) is 12.8 Å². The van der Waals surface area contributed by atoms with E-state index in [9.17, 15) is 4.79 Å². The molecule has 4 aromatic rings. The number of halogens is 1. The van der Waals surface area contributed by atoms with Crippen LogP contribution in [-0.2, 0) is 24.8 Å². The minimum Gasteiger partial charge on any atom is -0.494 e. The molecule has 0 radical (unpaired) electrons. The average molecular weight is 651 g/mol. The average Bonchev–Trinajstić information content (AvgIpc) is 3.43. The molecule has 0 aliphatic rings. The van der Waals surface area contributed by atoms with Gasteiger partial charge in [0.1, 0.15) is 5.75 Å². The molecule has 45 heavy (non-hydrogen) atoms. The Balaban J connectivity index is 0.000000692. The molecule has 2 aromatic heterocycles. The summed E-state index contributed by atoms with van der Waals surface area (Å²) in [7, 11) is 1.97. The summed E-state index contributed by atoms with van der Waals surface area (Å²) in [4.78, 5) is 12.6. The van der Waals surface area contributed by atoms with Crippen molar-refractivity contribution in [3.63, 3.8) is 0 Å². The van der Waals surface area contributed by atoms with E-state index in [1.807, 2.05) is 64.6 Å². The maximum absolute atomic E-state index is 11.7. The van der Waals surface area contributed by atoms with Gasteiger partial charge in [-0.1, -0.05) is 69.3 Å². The minimum atomic E-state index is -0.300. The Bertz CT molecular complexity index is 1630. The van der Waals surface area contributed by atoms with Gasteiger partial charge < -0.3 is 15.0 Å². The molecule has 0 saturated carbocycles. The maximum Gasteiger partial charge on any atom is 0.219 e. The molecule has 1 amide bonds. The van der Waals surface area contributed by atoms with Gasteiger partial charge in [0, 0.05) is 52.9 Å². The highest BCUT2D eigenvalue weighted by atomic mass is 35.5. The molecule has 0 saturated heterocycles. The Labute approximate surface area is 280 Å². The number of aryl methyl sites for hydroxylation is 6. The van der Waals surface area contributed by atoms with Gasteiger partial charge in [0.15, 0.2) is 0 Å². The number of hydrogen-bond donors (Lipinski definition) is 2. The number of nitrogens with two attached hydrogens (primary N) is 1. The van der Waals surface area contributed by atoms with E-state index >= 15 is 0 Å². The fourth-order valence-corrected chi connectivity index (χ4v) is 5.80. The van der Waals surface area contributed by atoms with Crippen molar-refractivity contribution in [1.29, 1.82) is 0 Å². The molecule has 0 fully saturated rings.